The molecule has 3 N–H and O–H groups in total. The molecule has 4 rings (SSSR count). The number of hydrogen-bond acceptors (Lipinski definition) is 5. The maximum Gasteiger partial charge on any atom is 0.286 e. The van der Waals surface area contributed by atoms with Crippen LogP contribution in [0.1, 0.15) is 46.3 Å². The van der Waals surface area contributed by atoms with Crippen LogP contribution in [0.15, 0.2) is 65.3 Å². The van der Waals surface area contributed by atoms with Gasteiger partial charge in [0.15, 0.2) is 11.5 Å². The van der Waals surface area contributed by atoms with Crippen LogP contribution in [-0.2, 0) is 17.8 Å². The minimum Gasteiger partial charge on any atom is -0.503 e. The Bertz CT molecular complexity index is 1480. The number of amides is 1. The van der Waals surface area contributed by atoms with Crippen molar-refractivity contribution < 1.29 is 37.4 Å². The van der Waals surface area contributed by atoms with Crippen LogP contribution in [0.25, 0.3) is 0 Å². The normalized spacial score (nSPS) is 17.3. The Hall–Kier alpha value is -4.25. The minimum absolute atomic E-state index is 0.0464. The second kappa shape index (κ2) is 11.6. The molecule has 0 unspecified atom stereocenters. The molecule has 1 saturated carbocycles. The molecule has 2 atom stereocenters. The molecule has 0 spiro atoms. The monoisotopic (exact) mass is 544 g/mol. The molecule has 11 heteroatoms. The highest BCUT2D eigenvalue weighted by Crippen LogP contribution is 2.20. The SMILES string of the molecule is O=C(N[C@H]1CCC[C@@H]1O)C(O)=CC(=O)c1cc(Cc2c(F)cccc2F)cn(Cc2c(F)cccc2F)c1=O. The van der Waals surface area contributed by atoms with Gasteiger partial charge in [0, 0.05) is 29.8 Å². The lowest BCUT2D eigenvalue weighted by atomic mass is 10.0. The topological polar surface area (TPSA) is 109 Å². The molecule has 0 saturated heterocycles. The van der Waals surface area contributed by atoms with Crippen LogP contribution in [0.5, 0.6) is 0 Å². The van der Waals surface area contributed by atoms with Gasteiger partial charge in [-0.3, -0.25) is 14.4 Å². The molecule has 0 radical (unpaired) electrons. The molecule has 1 amide bonds. The van der Waals surface area contributed by atoms with E-state index in [1.807, 2.05) is 0 Å². The molecule has 1 aromatic heterocycles. The number of hydrogen-bond donors (Lipinski definition) is 3. The zero-order chi connectivity index (χ0) is 28.3. The summed E-state index contributed by atoms with van der Waals surface area (Å²) in [7, 11) is 0. The van der Waals surface area contributed by atoms with Crippen molar-refractivity contribution in [2.24, 2.45) is 0 Å². The number of ketones is 1. The van der Waals surface area contributed by atoms with Crippen LogP contribution >= 0.6 is 0 Å². The number of aliphatic hydroxyl groups excluding tert-OH is 2. The molecule has 1 aliphatic rings. The van der Waals surface area contributed by atoms with Crippen molar-refractivity contribution in [1.82, 2.24) is 9.88 Å². The smallest absolute Gasteiger partial charge is 0.286 e. The molecule has 1 aliphatic carbocycles. The molecule has 0 bridgehead atoms. The van der Waals surface area contributed by atoms with Crippen molar-refractivity contribution >= 4 is 11.7 Å². The maximum atomic E-state index is 14.3. The Morgan fingerprint density at radius 2 is 1.56 bits per heavy atom. The van der Waals surface area contributed by atoms with Gasteiger partial charge in [0.2, 0.25) is 0 Å². The summed E-state index contributed by atoms with van der Waals surface area (Å²) in [6.07, 6.45) is 1.98. The number of allylic oxidation sites excluding steroid dienone is 1. The number of benzene rings is 2. The van der Waals surface area contributed by atoms with E-state index in [1.165, 1.54) is 0 Å². The number of aromatic nitrogens is 1. The fraction of sp³-hybridized carbons (Fsp3) is 0.250. The fourth-order valence-electron chi connectivity index (χ4n) is 4.47. The van der Waals surface area contributed by atoms with Crippen LogP contribution in [0.2, 0.25) is 0 Å². The van der Waals surface area contributed by atoms with E-state index in [9.17, 15) is 42.2 Å². The van der Waals surface area contributed by atoms with Crippen molar-refractivity contribution in [3.05, 3.63) is 116 Å². The summed E-state index contributed by atoms with van der Waals surface area (Å²) in [6.45, 7) is -0.652. The van der Waals surface area contributed by atoms with Crippen molar-refractivity contribution in [2.75, 3.05) is 0 Å². The van der Waals surface area contributed by atoms with Gasteiger partial charge in [0.05, 0.1) is 24.3 Å². The van der Waals surface area contributed by atoms with E-state index in [1.54, 1.807) is 0 Å². The van der Waals surface area contributed by atoms with Gasteiger partial charge >= 0.3 is 0 Å². The van der Waals surface area contributed by atoms with Crippen molar-refractivity contribution in [3.8, 4) is 0 Å². The molecule has 1 fully saturated rings. The van der Waals surface area contributed by atoms with Gasteiger partial charge in [-0.1, -0.05) is 12.1 Å². The van der Waals surface area contributed by atoms with E-state index >= 15 is 0 Å². The predicted molar refractivity (Wildman–Crippen MR) is 132 cm³/mol. The van der Waals surface area contributed by atoms with E-state index in [2.05, 4.69) is 5.32 Å². The van der Waals surface area contributed by atoms with Gasteiger partial charge in [0.25, 0.3) is 11.5 Å². The number of pyridine rings is 1. The number of carbonyl (C=O) groups is 2. The molecule has 39 heavy (non-hydrogen) atoms. The average Bonchev–Trinajstić information content (AvgIpc) is 3.29. The van der Waals surface area contributed by atoms with E-state index in [4.69, 9.17) is 0 Å². The summed E-state index contributed by atoms with van der Waals surface area (Å²) in [4.78, 5) is 38.5. The Labute approximate surface area is 220 Å². The minimum atomic E-state index is -1.13. The molecule has 0 aliphatic heterocycles. The van der Waals surface area contributed by atoms with Gasteiger partial charge in [-0.05, 0) is 55.2 Å². The molecular formula is C28H24F4N2O5. The number of rotatable bonds is 8. The summed E-state index contributed by atoms with van der Waals surface area (Å²) in [5.74, 6) is -6.89. The van der Waals surface area contributed by atoms with Gasteiger partial charge < -0.3 is 20.1 Å². The second-order valence-corrected chi connectivity index (χ2v) is 9.24. The Morgan fingerprint density at radius 3 is 2.13 bits per heavy atom. The first kappa shape index (κ1) is 27.8. The Morgan fingerprint density at radius 1 is 0.974 bits per heavy atom. The number of nitrogens with zero attached hydrogens (tertiary/aromatic N) is 1. The third-order valence-electron chi connectivity index (χ3n) is 6.54. The second-order valence-electron chi connectivity index (χ2n) is 9.24. The van der Waals surface area contributed by atoms with Crippen molar-refractivity contribution in [2.45, 2.75) is 44.4 Å². The first-order valence-corrected chi connectivity index (χ1v) is 12.1. The maximum absolute atomic E-state index is 14.3. The third-order valence-corrected chi connectivity index (χ3v) is 6.54. The quantitative estimate of drug-likeness (QED) is 0.174. The third kappa shape index (κ3) is 6.26. The van der Waals surface area contributed by atoms with Crippen LogP contribution in [0.3, 0.4) is 0 Å². The Balaban J connectivity index is 1.72. The predicted octanol–water partition coefficient (Wildman–Crippen LogP) is 3.70. The van der Waals surface area contributed by atoms with Crippen LogP contribution in [-0.4, -0.2) is 38.6 Å². The first-order valence-electron chi connectivity index (χ1n) is 12.1. The van der Waals surface area contributed by atoms with Crippen LogP contribution in [0, 0.1) is 23.3 Å². The van der Waals surface area contributed by atoms with Crippen LogP contribution in [0.4, 0.5) is 17.6 Å². The largest absolute Gasteiger partial charge is 0.503 e. The number of carbonyl (C=O) groups excluding carboxylic acids is 2. The highest BCUT2D eigenvalue weighted by molar-refractivity contribution is 6.08. The van der Waals surface area contributed by atoms with Gasteiger partial charge in [-0.2, -0.15) is 0 Å². The number of nitrogens with one attached hydrogen (secondary N) is 1. The summed E-state index contributed by atoms with van der Waals surface area (Å²) in [5.41, 5.74) is -2.44. The molecular weight excluding hydrogens is 520 g/mol. The lowest BCUT2D eigenvalue weighted by Crippen LogP contribution is -2.40. The molecule has 2 aromatic carbocycles. The lowest BCUT2D eigenvalue weighted by molar-refractivity contribution is -0.121. The van der Waals surface area contributed by atoms with Crippen molar-refractivity contribution in [3.63, 3.8) is 0 Å². The lowest BCUT2D eigenvalue weighted by Gasteiger charge is -2.16. The van der Waals surface area contributed by atoms with Gasteiger partial charge in [-0.15, -0.1) is 0 Å². The molecule has 1 heterocycles. The molecule has 7 nitrogen and oxygen atoms in total. The zero-order valence-electron chi connectivity index (χ0n) is 20.5. The van der Waals surface area contributed by atoms with Gasteiger partial charge in [-0.25, -0.2) is 17.6 Å². The van der Waals surface area contributed by atoms with E-state index in [0.717, 1.165) is 53.2 Å². The summed E-state index contributed by atoms with van der Waals surface area (Å²) in [5, 5.41) is 22.4. The number of aliphatic hydroxyl groups is 2. The summed E-state index contributed by atoms with van der Waals surface area (Å²) in [6, 6.07) is 6.72. The molecule has 204 valence electrons. The van der Waals surface area contributed by atoms with E-state index < -0.39 is 82.5 Å². The summed E-state index contributed by atoms with van der Waals surface area (Å²) >= 11 is 0. The van der Waals surface area contributed by atoms with Crippen LogP contribution < -0.4 is 10.9 Å². The highest BCUT2D eigenvalue weighted by atomic mass is 19.1. The first-order chi connectivity index (χ1) is 18.5. The summed E-state index contributed by atoms with van der Waals surface area (Å²) < 4.78 is 58.0. The standard InChI is InChI=1S/C28H24F4N2O5/c29-19-4-1-5-20(30)16(19)10-15-11-17(25(36)12-26(37)27(38)33-23-8-3-9-24(23)35)28(39)34(13-15)14-18-21(31)6-2-7-22(18)32/h1-2,4-7,11-13,23-24,35,37H,3,8-10,14H2,(H,33,38)/t23-,24-/m0/s1. The van der Waals surface area contributed by atoms with Gasteiger partial charge in [0.1, 0.15) is 23.3 Å². The van der Waals surface area contributed by atoms with E-state index in [-0.39, 0.29) is 11.1 Å². The van der Waals surface area contributed by atoms with E-state index in [0.29, 0.717) is 25.3 Å². The average molecular weight is 545 g/mol. The number of halogens is 4. The fourth-order valence-corrected chi connectivity index (χ4v) is 4.47. The zero-order valence-corrected chi connectivity index (χ0v) is 20.5. The molecule has 3 aromatic rings. The van der Waals surface area contributed by atoms with Crippen molar-refractivity contribution in [1.29, 1.82) is 0 Å². The Kier molecular flexibility index (Phi) is 8.29. The highest BCUT2D eigenvalue weighted by Gasteiger charge is 2.28.